The first-order chi connectivity index (χ1) is 13.6. The van der Waals surface area contributed by atoms with Crippen molar-refractivity contribution in [2.24, 2.45) is 0 Å². The largest absolute Gasteiger partial charge is 0.465 e. The van der Waals surface area contributed by atoms with Crippen LogP contribution in [0.4, 0.5) is 10.7 Å². The summed E-state index contributed by atoms with van der Waals surface area (Å²) in [6.07, 6.45) is 3.88. The van der Waals surface area contributed by atoms with Gasteiger partial charge in [0, 0.05) is 16.2 Å². The Morgan fingerprint density at radius 1 is 1.25 bits per heavy atom. The fourth-order valence-electron chi connectivity index (χ4n) is 3.55. The fraction of sp³-hybridized carbons (Fsp3) is 0.350. The molecule has 1 aromatic heterocycles. The van der Waals surface area contributed by atoms with E-state index in [4.69, 9.17) is 4.74 Å². The molecule has 2 heterocycles. The average Bonchev–Trinajstić information content (AvgIpc) is 3.05. The molecule has 28 heavy (non-hydrogen) atoms. The number of nitrogens with one attached hydrogen (secondary N) is 2. The minimum Gasteiger partial charge on any atom is -0.465 e. The first-order valence-corrected chi connectivity index (χ1v) is 10.9. The van der Waals surface area contributed by atoms with E-state index in [9.17, 15) is 14.4 Å². The van der Waals surface area contributed by atoms with Crippen molar-refractivity contribution in [1.82, 2.24) is 0 Å². The zero-order valence-corrected chi connectivity index (χ0v) is 17.0. The van der Waals surface area contributed by atoms with Crippen LogP contribution in [0, 0.1) is 0 Å². The third-order valence-electron chi connectivity index (χ3n) is 4.89. The highest BCUT2D eigenvalue weighted by Gasteiger charge is 2.31. The average molecular weight is 417 g/mol. The van der Waals surface area contributed by atoms with E-state index in [1.807, 2.05) is 24.3 Å². The van der Waals surface area contributed by atoms with Gasteiger partial charge < -0.3 is 15.4 Å². The summed E-state index contributed by atoms with van der Waals surface area (Å²) in [5.41, 5.74) is 2.24. The number of ether oxygens (including phenoxy) is 1. The predicted octanol–water partition coefficient (Wildman–Crippen LogP) is 3.86. The van der Waals surface area contributed by atoms with Crippen LogP contribution in [0.5, 0.6) is 0 Å². The molecule has 8 heteroatoms. The van der Waals surface area contributed by atoms with Crippen LogP contribution in [0.1, 0.15) is 40.1 Å². The number of benzene rings is 1. The maximum absolute atomic E-state index is 12.7. The minimum absolute atomic E-state index is 0.0357. The second-order valence-corrected chi connectivity index (χ2v) is 9.10. The maximum Gasteiger partial charge on any atom is 0.341 e. The molecule has 1 unspecified atom stereocenters. The molecule has 2 amide bonds. The third-order valence-corrected chi connectivity index (χ3v) is 7.37. The Balaban J connectivity index is 1.51. The van der Waals surface area contributed by atoms with Gasteiger partial charge in [-0.25, -0.2) is 4.79 Å². The number of esters is 1. The van der Waals surface area contributed by atoms with Crippen molar-refractivity contribution in [3.05, 3.63) is 40.3 Å². The number of thiophene rings is 1. The molecular formula is C20H20N2O4S2. The SMILES string of the molecule is COC(=O)c1c(NC(=O)CC2Sc3ccccc3NC2=O)sc2c1CCCC2. The monoisotopic (exact) mass is 416 g/mol. The quantitative estimate of drug-likeness (QED) is 0.740. The Kier molecular flexibility index (Phi) is 5.41. The van der Waals surface area contributed by atoms with E-state index in [2.05, 4.69) is 10.6 Å². The van der Waals surface area contributed by atoms with Gasteiger partial charge in [0.2, 0.25) is 11.8 Å². The number of anilines is 2. The van der Waals surface area contributed by atoms with Crippen LogP contribution in [0.3, 0.4) is 0 Å². The Bertz CT molecular complexity index is 954. The minimum atomic E-state index is -0.508. The summed E-state index contributed by atoms with van der Waals surface area (Å²) in [6, 6.07) is 7.53. The zero-order chi connectivity index (χ0) is 19.7. The molecule has 0 saturated carbocycles. The number of thioether (sulfide) groups is 1. The third kappa shape index (κ3) is 3.66. The maximum atomic E-state index is 12.7. The van der Waals surface area contributed by atoms with Crippen LogP contribution < -0.4 is 10.6 Å². The fourth-order valence-corrected chi connectivity index (χ4v) is 5.95. The molecule has 146 valence electrons. The second-order valence-electron chi connectivity index (χ2n) is 6.75. The number of amides is 2. The van der Waals surface area contributed by atoms with E-state index in [0.717, 1.165) is 46.7 Å². The molecular weight excluding hydrogens is 396 g/mol. The predicted molar refractivity (Wildman–Crippen MR) is 110 cm³/mol. The van der Waals surface area contributed by atoms with Gasteiger partial charge >= 0.3 is 5.97 Å². The summed E-state index contributed by atoms with van der Waals surface area (Å²) in [7, 11) is 1.35. The van der Waals surface area contributed by atoms with Gasteiger partial charge in [-0.3, -0.25) is 9.59 Å². The van der Waals surface area contributed by atoms with E-state index >= 15 is 0 Å². The number of methoxy groups -OCH3 is 1. The first kappa shape index (κ1) is 19.0. The van der Waals surface area contributed by atoms with Gasteiger partial charge in [0.25, 0.3) is 0 Å². The van der Waals surface area contributed by atoms with Crippen molar-refractivity contribution >= 4 is 51.6 Å². The van der Waals surface area contributed by atoms with Crippen molar-refractivity contribution < 1.29 is 19.1 Å². The Morgan fingerprint density at radius 3 is 2.86 bits per heavy atom. The van der Waals surface area contributed by atoms with Crippen LogP contribution in [-0.2, 0) is 27.2 Å². The van der Waals surface area contributed by atoms with Crippen LogP contribution in [-0.4, -0.2) is 30.1 Å². The molecule has 2 N–H and O–H groups in total. The van der Waals surface area contributed by atoms with Crippen LogP contribution in [0.15, 0.2) is 29.2 Å². The van der Waals surface area contributed by atoms with E-state index in [0.29, 0.717) is 10.6 Å². The van der Waals surface area contributed by atoms with Gasteiger partial charge in [-0.2, -0.15) is 0 Å². The molecule has 0 saturated heterocycles. The molecule has 2 aliphatic rings. The lowest BCUT2D eigenvalue weighted by molar-refractivity contribution is -0.120. The number of carbonyl (C=O) groups excluding carboxylic acids is 3. The van der Waals surface area contributed by atoms with Crippen molar-refractivity contribution in [2.75, 3.05) is 17.7 Å². The number of fused-ring (bicyclic) bond motifs is 2. The van der Waals surface area contributed by atoms with Crippen molar-refractivity contribution in [1.29, 1.82) is 0 Å². The summed E-state index contributed by atoms with van der Waals surface area (Å²) >= 11 is 2.83. The zero-order valence-electron chi connectivity index (χ0n) is 15.4. The lowest BCUT2D eigenvalue weighted by atomic mass is 9.95. The number of para-hydroxylation sites is 1. The number of hydrogen-bond donors (Lipinski definition) is 2. The normalized spacial score (nSPS) is 17.9. The van der Waals surface area contributed by atoms with Gasteiger partial charge in [0.15, 0.2) is 0 Å². The molecule has 6 nitrogen and oxygen atoms in total. The summed E-state index contributed by atoms with van der Waals surface area (Å²) in [5, 5.41) is 5.73. The molecule has 2 aromatic rings. The molecule has 1 aliphatic heterocycles. The number of hydrogen-bond acceptors (Lipinski definition) is 6. The van der Waals surface area contributed by atoms with E-state index in [-0.39, 0.29) is 18.2 Å². The summed E-state index contributed by atoms with van der Waals surface area (Å²) in [6.45, 7) is 0. The van der Waals surface area contributed by atoms with Gasteiger partial charge in [0.1, 0.15) is 5.00 Å². The molecule has 0 radical (unpaired) electrons. The van der Waals surface area contributed by atoms with Crippen molar-refractivity contribution in [3.63, 3.8) is 0 Å². The molecule has 1 atom stereocenters. The summed E-state index contributed by atoms with van der Waals surface area (Å²) in [4.78, 5) is 39.4. The highest BCUT2D eigenvalue weighted by molar-refractivity contribution is 8.01. The smallest absolute Gasteiger partial charge is 0.341 e. The first-order valence-electron chi connectivity index (χ1n) is 9.16. The van der Waals surface area contributed by atoms with Crippen LogP contribution in [0.25, 0.3) is 0 Å². The Labute approximate surface area is 171 Å². The van der Waals surface area contributed by atoms with Crippen molar-refractivity contribution in [2.45, 2.75) is 42.2 Å². The van der Waals surface area contributed by atoms with Crippen LogP contribution >= 0.6 is 23.1 Å². The standard InChI is InChI=1S/C20H20N2O4S2/c1-26-20(25)17-11-6-2-4-8-13(11)28-19(17)22-16(23)10-15-18(24)21-12-7-3-5-9-14(12)27-15/h3,5,7,9,15H,2,4,6,8,10H2,1H3,(H,21,24)(H,22,23). The number of carbonyl (C=O) groups is 3. The molecule has 1 aromatic carbocycles. The lowest BCUT2D eigenvalue weighted by Gasteiger charge is -2.23. The number of aryl methyl sites for hydroxylation is 1. The molecule has 0 bridgehead atoms. The van der Waals surface area contributed by atoms with E-state index in [1.165, 1.54) is 30.2 Å². The van der Waals surface area contributed by atoms with Gasteiger partial charge in [-0.1, -0.05) is 12.1 Å². The lowest BCUT2D eigenvalue weighted by Crippen LogP contribution is -2.32. The number of rotatable bonds is 4. The van der Waals surface area contributed by atoms with Gasteiger partial charge in [-0.05, 0) is 43.4 Å². The van der Waals surface area contributed by atoms with E-state index in [1.54, 1.807) is 0 Å². The van der Waals surface area contributed by atoms with Crippen molar-refractivity contribution in [3.8, 4) is 0 Å². The van der Waals surface area contributed by atoms with E-state index < -0.39 is 11.2 Å². The molecule has 0 fully saturated rings. The van der Waals surface area contributed by atoms with Gasteiger partial charge in [0.05, 0.1) is 23.6 Å². The molecule has 0 spiro atoms. The molecule has 4 rings (SSSR count). The van der Waals surface area contributed by atoms with Gasteiger partial charge in [-0.15, -0.1) is 23.1 Å². The second kappa shape index (κ2) is 7.97. The highest BCUT2D eigenvalue weighted by Crippen LogP contribution is 2.40. The molecule has 1 aliphatic carbocycles. The van der Waals surface area contributed by atoms with Crippen LogP contribution in [0.2, 0.25) is 0 Å². The summed E-state index contributed by atoms with van der Waals surface area (Å²) in [5.74, 6) is -0.887. The summed E-state index contributed by atoms with van der Waals surface area (Å²) < 4.78 is 4.94. The highest BCUT2D eigenvalue weighted by atomic mass is 32.2. The Hall–Kier alpha value is -2.32. The topological polar surface area (TPSA) is 84.5 Å². The Morgan fingerprint density at radius 2 is 2.04 bits per heavy atom.